The molecule has 0 atom stereocenters. The summed E-state index contributed by atoms with van der Waals surface area (Å²) in [5.74, 6) is -1.20. The number of nitrogens with two attached hydrogens (primary N) is 1. The van der Waals surface area contributed by atoms with Gasteiger partial charge in [0.05, 0.1) is 11.3 Å². The van der Waals surface area contributed by atoms with Gasteiger partial charge in [-0.15, -0.1) is 0 Å². The van der Waals surface area contributed by atoms with E-state index in [-0.39, 0.29) is 27.8 Å². The number of hydrogen-bond acceptors (Lipinski definition) is 2. The second-order valence-electron chi connectivity index (χ2n) is 4.61. The molecular formula is C17H10F2N2. The zero-order valence-electron chi connectivity index (χ0n) is 10.9. The van der Waals surface area contributed by atoms with Crippen LogP contribution in [-0.4, -0.2) is 0 Å². The van der Waals surface area contributed by atoms with E-state index in [1.807, 2.05) is 6.07 Å². The fourth-order valence-corrected chi connectivity index (χ4v) is 2.46. The Morgan fingerprint density at radius 1 is 0.905 bits per heavy atom. The SMILES string of the molecule is N#Cc1c(N)c(-c2ccccc2F)c(F)c2ccccc12. The molecule has 0 aliphatic rings. The molecule has 0 aliphatic heterocycles. The average molecular weight is 280 g/mol. The van der Waals surface area contributed by atoms with Gasteiger partial charge in [0.25, 0.3) is 0 Å². The summed E-state index contributed by atoms with van der Waals surface area (Å²) >= 11 is 0. The smallest absolute Gasteiger partial charge is 0.141 e. The number of fused-ring (bicyclic) bond motifs is 1. The Balaban J connectivity index is 2.50. The van der Waals surface area contributed by atoms with Crippen molar-refractivity contribution in [2.75, 3.05) is 5.73 Å². The molecule has 0 saturated heterocycles. The molecule has 0 radical (unpaired) electrons. The number of anilines is 1. The molecule has 0 heterocycles. The molecule has 0 fully saturated rings. The predicted molar refractivity (Wildman–Crippen MR) is 78.4 cm³/mol. The van der Waals surface area contributed by atoms with Crippen LogP contribution >= 0.6 is 0 Å². The summed E-state index contributed by atoms with van der Waals surface area (Å²) in [4.78, 5) is 0. The van der Waals surface area contributed by atoms with Crippen LogP contribution in [-0.2, 0) is 0 Å². The standard InChI is InChI=1S/C17H10F2N2/c18-14-8-4-3-7-12(14)15-16(19)11-6-2-1-5-10(11)13(9-20)17(15)21/h1-8H,21H2. The summed E-state index contributed by atoms with van der Waals surface area (Å²) in [7, 11) is 0. The van der Waals surface area contributed by atoms with Crippen LogP contribution in [0.2, 0.25) is 0 Å². The third kappa shape index (κ3) is 1.91. The maximum atomic E-state index is 14.8. The van der Waals surface area contributed by atoms with Crippen molar-refractivity contribution in [2.45, 2.75) is 0 Å². The highest BCUT2D eigenvalue weighted by atomic mass is 19.1. The second kappa shape index (κ2) is 4.88. The molecule has 0 aliphatic carbocycles. The molecular weight excluding hydrogens is 270 g/mol. The van der Waals surface area contributed by atoms with Crippen molar-refractivity contribution in [2.24, 2.45) is 0 Å². The highest BCUT2D eigenvalue weighted by Gasteiger charge is 2.20. The lowest BCUT2D eigenvalue weighted by Gasteiger charge is -2.13. The van der Waals surface area contributed by atoms with Gasteiger partial charge in [0.1, 0.15) is 17.7 Å². The monoisotopic (exact) mass is 280 g/mol. The topological polar surface area (TPSA) is 49.8 Å². The Morgan fingerprint density at radius 2 is 1.52 bits per heavy atom. The molecule has 0 bridgehead atoms. The van der Waals surface area contributed by atoms with Crippen LogP contribution in [0.1, 0.15) is 5.56 Å². The highest BCUT2D eigenvalue weighted by Crippen LogP contribution is 2.38. The molecule has 0 aromatic heterocycles. The van der Waals surface area contributed by atoms with E-state index in [4.69, 9.17) is 5.73 Å². The predicted octanol–water partition coefficient (Wildman–Crippen LogP) is 4.24. The number of nitrogens with zero attached hydrogens (tertiary/aromatic N) is 1. The van der Waals surface area contributed by atoms with Crippen molar-refractivity contribution in [3.63, 3.8) is 0 Å². The van der Waals surface area contributed by atoms with Gasteiger partial charge in [0.15, 0.2) is 0 Å². The first-order valence-corrected chi connectivity index (χ1v) is 6.29. The van der Waals surface area contributed by atoms with E-state index in [2.05, 4.69) is 0 Å². The first-order valence-electron chi connectivity index (χ1n) is 6.29. The van der Waals surface area contributed by atoms with Crippen molar-refractivity contribution in [1.29, 1.82) is 5.26 Å². The van der Waals surface area contributed by atoms with E-state index in [1.54, 1.807) is 30.3 Å². The lowest BCUT2D eigenvalue weighted by molar-refractivity contribution is 0.621. The van der Waals surface area contributed by atoms with Gasteiger partial charge in [-0.05, 0) is 6.07 Å². The first kappa shape index (κ1) is 13.1. The number of nitrogen functional groups attached to an aromatic ring is 1. The lowest BCUT2D eigenvalue weighted by atomic mass is 9.94. The van der Waals surface area contributed by atoms with Gasteiger partial charge in [-0.25, -0.2) is 8.78 Å². The van der Waals surface area contributed by atoms with Crippen LogP contribution in [0.5, 0.6) is 0 Å². The van der Waals surface area contributed by atoms with Gasteiger partial charge >= 0.3 is 0 Å². The third-order valence-corrected chi connectivity index (χ3v) is 3.45. The number of rotatable bonds is 1. The normalized spacial score (nSPS) is 10.5. The van der Waals surface area contributed by atoms with Gasteiger partial charge in [-0.1, -0.05) is 42.5 Å². The van der Waals surface area contributed by atoms with E-state index >= 15 is 0 Å². The molecule has 21 heavy (non-hydrogen) atoms. The molecule has 4 heteroatoms. The molecule has 2 nitrogen and oxygen atoms in total. The van der Waals surface area contributed by atoms with Crippen LogP contribution in [0.4, 0.5) is 14.5 Å². The summed E-state index contributed by atoms with van der Waals surface area (Å²) in [6, 6.07) is 14.3. The van der Waals surface area contributed by atoms with Crippen molar-refractivity contribution in [3.05, 3.63) is 65.7 Å². The minimum absolute atomic E-state index is 0.0428. The maximum Gasteiger partial charge on any atom is 0.141 e. The molecule has 0 amide bonds. The second-order valence-corrected chi connectivity index (χ2v) is 4.61. The third-order valence-electron chi connectivity index (χ3n) is 3.45. The van der Waals surface area contributed by atoms with Gasteiger partial charge in [0.2, 0.25) is 0 Å². The molecule has 102 valence electrons. The minimum atomic E-state index is -0.618. The summed E-state index contributed by atoms with van der Waals surface area (Å²) < 4.78 is 28.7. The Hall–Kier alpha value is -2.93. The maximum absolute atomic E-state index is 14.8. The summed E-state index contributed by atoms with van der Waals surface area (Å²) in [6.45, 7) is 0. The Labute approximate surface area is 120 Å². The quantitative estimate of drug-likeness (QED) is 0.678. The number of hydrogen-bond donors (Lipinski definition) is 1. The Bertz CT molecular complexity index is 895. The van der Waals surface area contributed by atoms with E-state index in [9.17, 15) is 14.0 Å². The summed E-state index contributed by atoms with van der Waals surface area (Å²) in [5, 5.41) is 9.98. The van der Waals surface area contributed by atoms with Crippen molar-refractivity contribution < 1.29 is 8.78 Å². The van der Waals surface area contributed by atoms with Crippen molar-refractivity contribution in [1.82, 2.24) is 0 Å². The largest absolute Gasteiger partial charge is 0.397 e. The molecule has 3 aromatic carbocycles. The van der Waals surface area contributed by atoms with Crippen LogP contribution in [0.15, 0.2) is 48.5 Å². The molecule has 2 N–H and O–H groups in total. The van der Waals surface area contributed by atoms with Gasteiger partial charge < -0.3 is 5.73 Å². The minimum Gasteiger partial charge on any atom is -0.397 e. The fourth-order valence-electron chi connectivity index (χ4n) is 2.46. The summed E-state index contributed by atoms with van der Waals surface area (Å²) in [6.07, 6.45) is 0. The molecule has 0 saturated carbocycles. The molecule has 0 unspecified atom stereocenters. The molecule has 3 aromatic rings. The average Bonchev–Trinajstić information content (AvgIpc) is 2.50. The van der Waals surface area contributed by atoms with Crippen molar-refractivity contribution in [3.8, 4) is 17.2 Å². The number of benzene rings is 3. The van der Waals surface area contributed by atoms with Crippen LogP contribution in [0.3, 0.4) is 0 Å². The van der Waals surface area contributed by atoms with Crippen LogP contribution < -0.4 is 5.73 Å². The lowest BCUT2D eigenvalue weighted by Crippen LogP contribution is -2.01. The van der Waals surface area contributed by atoms with Gasteiger partial charge in [0, 0.05) is 21.9 Å². The fraction of sp³-hybridized carbons (Fsp3) is 0. The van der Waals surface area contributed by atoms with E-state index in [0.717, 1.165) is 0 Å². The van der Waals surface area contributed by atoms with Crippen molar-refractivity contribution >= 4 is 16.5 Å². The van der Waals surface area contributed by atoms with Gasteiger partial charge in [-0.2, -0.15) is 5.26 Å². The highest BCUT2D eigenvalue weighted by molar-refractivity contribution is 6.00. The van der Waals surface area contributed by atoms with Gasteiger partial charge in [-0.3, -0.25) is 0 Å². The zero-order chi connectivity index (χ0) is 15.0. The van der Waals surface area contributed by atoms with Crippen LogP contribution in [0, 0.1) is 23.0 Å². The molecule has 0 spiro atoms. The van der Waals surface area contributed by atoms with E-state index < -0.39 is 11.6 Å². The van der Waals surface area contributed by atoms with Crippen LogP contribution in [0.25, 0.3) is 21.9 Å². The zero-order valence-corrected chi connectivity index (χ0v) is 10.9. The number of nitriles is 1. The van der Waals surface area contributed by atoms with E-state index in [1.165, 1.54) is 18.2 Å². The Kier molecular flexibility index (Phi) is 3.03. The van der Waals surface area contributed by atoms with E-state index in [0.29, 0.717) is 5.39 Å². The molecule has 3 rings (SSSR count). The first-order chi connectivity index (χ1) is 10.1. The Morgan fingerprint density at radius 3 is 2.19 bits per heavy atom. The number of halogens is 2. The summed E-state index contributed by atoms with van der Waals surface area (Å²) in [5.41, 5.74) is 6.03.